The zero-order chi connectivity index (χ0) is 13.4. The summed E-state index contributed by atoms with van der Waals surface area (Å²) in [6, 6.07) is 2.99. The second kappa shape index (κ2) is 5.29. The Morgan fingerprint density at radius 1 is 1.26 bits per heavy atom. The molecule has 1 N–H and O–H groups in total. The van der Waals surface area contributed by atoms with E-state index >= 15 is 0 Å². The topological polar surface area (TPSA) is 28.4 Å². The second-order valence-corrected chi connectivity index (χ2v) is 6.60. The molecule has 1 aliphatic carbocycles. The molecule has 1 aromatic rings. The van der Waals surface area contributed by atoms with Crippen molar-refractivity contribution in [3.8, 4) is 0 Å². The van der Waals surface area contributed by atoms with Crippen molar-refractivity contribution in [1.82, 2.24) is 10.2 Å². The van der Waals surface area contributed by atoms with Crippen molar-refractivity contribution in [3.63, 3.8) is 0 Å². The SMILES string of the molecule is Cc1oc(CNC2CC2)cc1CN1CC(C)C(C)C1. The molecule has 1 saturated carbocycles. The summed E-state index contributed by atoms with van der Waals surface area (Å²) in [6.45, 7) is 11.2. The average Bonchev–Trinajstić information content (AvgIpc) is 3.05. The highest BCUT2D eigenvalue weighted by molar-refractivity contribution is 5.21. The lowest BCUT2D eigenvalue weighted by Crippen LogP contribution is -2.20. The predicted molar refractivity (Wildman–Crippen MR) is 76.9 cm³/mol. The van der Waals surface area contributed by atoms with Crippen molar-refractivity contribution >= 4 is 0 Å². The van der Waals surface area contributed by atoms with Crippen molar-refractivity contribution in [1.29, 1.82) is 0 Å². The second-order valence-electron chi connectivity index (χ2n) is 6.60. The third kappa shape index (κ3) is 3.21. The molecule has 2 heterocycles. The van der Waals surface area contributed by atoms with E-state index < -0.39 is 0 Å². The minimum Gasteiger partial charge on any atom is -0.465 e. The van der Waals surface area contributed by atoms with E-state index in [-0.39, 0.29) is 0 Å². The fourth-order valence-corrected chi connectivity index (χ4v) is 2.98. The van der Waals surface area contributed by atoms with Gasteiger partial charge in [-0.15, -0.1) is 0 Å². The van der Waals surface area contributed by atoms with Crippen LogP contribution in [0.4, 0.5) is 0 Å². The van der Waals surface area contributed by atoms with E-state index in [1.54, 1.807) is 0 Å². The smallest absolute Gasteiger partial charge is 0.118 e. The molecule has 0 bridgehead atoms. The zero-order valence-corrected chi connectivity index (χ0v) is 12.4. The maximum atomic E-state index is 5.87. The fraction of sp³-hybridized carbons (Fsp3) is 0.750. The van der Waals surface area contributed by atoms with Crippen molar-refractivity contribution in [2.24, 2.45) is 11.8 Å². The Labute approximate surface area is 116 Å². The van der Waals surface area contributed by atoms with Crippen LogP contribution >= 0.6 is 0 Å². The number of aryl methyl sites for hydroxylation is 1. The molecule has 19 heavy (non-hydrogen) atoms. The van der Waals surface area contributed by atoms with Crippen LogP contribution in [0.15, 0.2) is 10.5 Å². The molecule has 2 unspecified atom stereocenters. The molecule has 1 aliphatic heterocycles. The molecule has 0 spiro atoms. The van der Waals surface area contributed by atoms with Gasteiger partial charge in [-0.25, -0.2) is 0 Å². The van der Waals surface area contributed by atoms with Crippen LogP contribution in [-0.4, -0.2) is 24.0 Å². The molecule has 0 radical (unpaired) electrons. The molecule has 106 valence electrons. The van der Waals surface area contributed by atoms with Crippen LogP contribution in [0.2, 0.25) is 0 Å². The van der Waals surface area contributed by atoms with Crippen LogP contribution < -0.4 is 5.32 Å². The molecule has 0 aromatic carbocycles. The molecule has 2 aliphatic rings. The van der Waals surface area contributed by atoms with Gasteiger partial charge in [-0.05, 0) is 37.7 Å². The maximum Gasteiger partial charge on any atom is 0.118 e. The summed E-state index contributed by atoms with van der Waals surface area (Å²) in [5.41, 5.74) is 1.37. The summed E-state index contributed by atoms with van der Waals surface area (Å²) in [4.78, 5) is 2.56. The van der Waals surface area contributed by atoms with Gasteiger partial charge in [0.2, 0.25) is 0 Å². The Morgan fingerprint density at radius 3 is 2.58 bits per heavy atom. The number of hydrogen-bond acceptors (Lipinski definition) is 3. The predicted octanol–water partition coefficient (Wildman–Crippen LogP) is 2.93. The van der Waals surface area contributed by atoms with Crippen molar-refractivity contribution in [2.45, 2.75) is 52.7 Å². The molecule has 3 rings (SSSR count). The van der Waals surface area contributed by atoms with E-state index in [0.29, 0.717) is 0 Å². The highest BCUT2D eigenvalue weighted by Gasteiger charge is 2.27. The van der Waals surface area contributed by atoms with Crippen LogP contribution in [-0.2, 0) is 13.1 Å². The molecular formula is C16H26N2O. The van der Waals surface area contributed by atoms with E-state index in [1.807, 2.05) is 0 Å². The molecule has 0 amide bonds. The minimum atomic E-state index is 0.745. The largest absolute Gasteiger partial charge is 0.465 e. The Bertz CT molecular complexity index is 426. The number of furan rings is 1. The standard InChI is InChI=1S/C16H26N2O/c1-11-8-18(9-12(11)2)10-14-6-16(19-13(14)3)7-17-15-4-5-15/h6,11-12,15,17H,4-5,7-10H2,1-3H3. The van der Waals surface area contributed by atoms with Gasteiger partial charge < -0.3 is 9.73 Å². The van der Waals surface area contributed by atoms with E-state index in [4.69, 9.17) is 4.42 Å². The maximum absolute atomic E-state index is 5.87. The van der Waals surface area contributed by atoms with Gasteiger partial charge in [-0.2, -0.15) is 0 Å². The van der Waals surface area contributed by atoms with E-state index in [0.717, 1.165) is 42.5 Å². The van der Waals surface area contributed by atoms with Crippen LogP contribution in [0.5, 0.6) is 0 Å². The molecule has 1 aromatic heterocycles. The van der Waals surface area contributed by atoms with Gasteiger partial charge in [0.05, 0.1) is 6.54 Å². The first-order valence-corrected chi connectivity index (χ1v) is 7.65. The van der Waals surface area contributed by atoms with Crippen molar-refractivity contribution in [3.05, 3.63) is 23.2 Å². The molecule has 3 heteroatoms. The van der Waals surface area contributed by atoms with Crippen molar-refractivity contribution in [2.75, 3.05) is 13.1 Å². The third-order valence-corrected chi connectivity index (χ3v) is 4.67. The minimum absolute atomic E-state index is 0.745. The fourth-order valence-electron chi connectivity index (χ4n) is 2.98. The first-order chi connectivity index (χ1) is 9.11. The van der Waals surface area contributed by atoms with E-state index in [1.165, 1.54) is 31.5 Å². The number of nitrogens with one attached hydrogen (secondary N) is 1. The summed E-state index contributed by atoms with van der Waals surface area (Å²) in [6.07, 6.45) is 2.66. The van der Waals surface area contributed by atoms with Gasteiger partial charge in [0.25, 0.3) is 0 Å². The summed E-state index contributed by atoms with van der Waals surface area (Å²) in [5, 5.41) is 3.51. The Kier molecular flexibility index (Phi) is 3.68. The summed E-state index contributed by atoms with van der Waals surface area (Å²) >= 11 is 0. The van der Waals surface area contributed by atoms with Crippen LogP contribution in [0, 0.1) is 18.8 Å². The number of hydrogen-bond donors (Lipinski definition) is 1. The Morgan fingerprint density at radius 2 is 1.95 bits per heavy atom. The van der Waals surface area contributed by atoms with Gasteiger partial charge in [0, 0.05) is 31.2 Å². The van der Waals surface area contributed by atoms with Gasteiger partial charge in [-0.1, -0.05) is 13.8 Å². The molecule has 3 nitrogen and oxygen atoms in total. The lowest BCUT2D eigenvalue weighted by molar-refractivity contribution is 0.313. The summed E-state index contributed by atoms with van der Waals surface area (Å²) in [5.74, 6) is 3.84. The lowest BCUT2D eigenvalue weighted by atomic mass is 10.0. The Balaban J connectivity index is 1.57. The average molecular weight is 262 g/mol. The zero-order valence-electron chi connectivity index (χ0n) is 12.4. The molecule has 2 fully saturated rings. The van der Waals surface area contributed by atoms with E-state index in [2.05, 4.69) is 37.1 Å². The molecule has 1 saturated heterocycles. The van der Waals surface area contributed by atoms with Gasteiger partial charge in [0.15, 0.2) is 0 Å². The van der Waals surface area contributed by atoms with Gasteiger partial charge in [-0.3, -0.25) is 4.90 Å². The number of rotatable bonds is 5. The Hall–Kier alpha value is -0.800. The molecule has 2 atom stereocenters. The highest BCUT2D eigenvalue weighted by Crippen LogP contribution is 2.26. The van der Waals surface area contributed by atoms with Crippen LogP contribution in [0.3, 0.4) is 0 Å². The monoisotopic (exact) mass is 262 g/mol. The summed E-state index contributed by atoms with van der Waals surface area (Å²) < 4.78 is 5.87. The third-order valence-electron chi connectivity index (χ3n) is 4.67. The first-order valence-electron chi connectivity index (χ1n) is 7.65. The van der Waals surface area contributed by atoms with E-state index in [9.17, 15) is 0 Å². The summed E-state index contributed by atoms with van der Waals surface area (Å²) in [7, 11) is 0. The van der Waals surface area contributed by atoms with Crippen molar-refractivity contribution < 1.29 is 4.42 Å². The lowest BCUT2D eigenvalue weighted by Gasteiger charge is -2.14. The normalized spacial score (nSPS) is 28.2. The number of nitrogens with zero attached hydrogens (tertiary/aromatic N) is 1. The van der Waals surface area contributed by atoms with Gasteiger partial charge in [0.1, 0.15) is 11.5 Å². The van der Waals surface area contributed by atoms with Crippen LogP contribution in [0.1, 0.15) is 43.8 Å². The van der Waals surface area contributed by atoms with Crippen LogP contribution in [0.25, 0.3) is 0 Å². The highest BCUT2D eigenvalue weighted by atomic mass is 16.3. The number of likely N-dealkylation sites (tertiary alicyclic amines) is 1. The quantitative estimate of drug-likeness (QED) is 0.884. The molecular weight excluding hydrogens is 236 g/mol. The van der Waals surface area contributed by atoms with Gasteiger partial charge >= 0.3 is 0 Å². The first kappa shape index (κ1) is 13.2.